The van der Waals surface area contributed by atoms with Crippen molar-refractivity contribution in [1.29, 1.82) is 0 Å². The average molecular weight is 199 g/mol. The Kier molecular flexibility index (Phi) is 4.85. The summed E-state index contributed by atoms with van der Waals surface area (Å²) >= 11 is 0. The molecule has 1 aliphatic rings. The normalized spacial score (nSPS) is 25.9. The molecule has 3 nitrogen and oxygen atoms in total. The van der Waals surface area contributed by atoms with Crippen molar-refractivity contribution < 1.29 is 0 Å². The van der Waals surface area contributed by atoms with E-state index in [0.717, 1.165) is 6.54 Å². The molecular formula is C11H25N3. The van der Waals surface area contributed by atoms with Crippen molar-refractivity contribution in [2.45, 2.75) is 59.0 Å². The van der Waals surface area contributed by atoms with Crippen LogP contribution < -0.4 is 11.0 Å². The predicted molar refractivity (Wildman–Crippen MR) is 60.6 cm³/mol. The summed E-state index contributed by atoms with van der Waals surface area (Å²) in [6.45, 7) is 10.2. The van der Waals surface area contributed by atoms with E-state index in [1.807, 2.05) is 0 Å². The monoisotopic (exact) mass is 199 g/mol. The Hall–Kier alpha value is -0.120. The third kappa shape index (κ3) is 2.69. The van der Waals surface area contributed by atoms with Gasteiger partial charge in [0.15, 0.2) is 0 Å². The van der Waals surface area contributed by atoms with Crippen LogP contribution in [-0.2, 0) is 0 Å². The predicted octanol–water partition coefficient (Wildman–Crippen LogP) is 1.91. The molecule has 0 bridgehead atoms. The lowest BCUT2D eigenvalue weighted by Gasteiger charge is -2.32. The van der Waals surface area contributed by atoms with Crippen LogP contribution in [0.4, 0.5) is 0 Å². The van der Waals surface area contributed by atoms with Gasteiger partial charge in [0, 0.05) is 18.6 Å². The first-order valence-corrected chi connectivity index (χ1v) is 5.97. The summed E-state index contributed by atoms with van der Waals surface area (Å²) in [5.74, 6) is 0.711. The van der Waals surface area contributed by atoms with Crippen molar-refractivity contribution in [1.82, 2.24) is 16.0 Å². The molecule has 2 unspecified atom stereocenters. The van der Waals surface area contributed by atoms with Crippen LogP contribution in [0.2, 0.25) is 0 Å². The smallest absolute Gasteiger partial charge is 0.0421 e. The molecule has 1 rings (SSSR count). The standard InChI is InChI=1S/C11H25N3/c1-5-7-10(6-2)14-11(9(3)4)8-12-13-14/h9-13H,5-8H2,1-4H3. The number of nitrogens with zero attached hydrogens (tertiary/aromatic N) is 1. The molecular weight excluding hydrogens is 174 g/mol. The molecule has 0 spiro atoms. The fourth-order valence-electron chi connectivity index (χ4n) is 2.21. The van der Waals surface area contributed by atoms with Gasteiger partial charge in [0.05, 0.1) is 0 Å². The summed E-state index contributed by atoms with van der Waals surface area (Å²) in [6.07, 6.45) is 3.78. The maximum Gasteiger partial charge on any atom is 0.0421 e. The minimum atomic E-state index is 0.645. The SMILES string of the molecule is CCCC(CC)N1NNCC1C(C)C. The molecule has 2 atom stereocenters. The Morgan fingerprint density at radius 2 is 2.07 bits per heavy atom. The number of nitrogens with one attached hydrogen (secondary N) is 2. The molecule has 1 saturated heterocycles. The Morgan fingerprint density at radius 1 is 1.36 bits per heavy atom. The third-order valence-corrected chi connectivity index (χ3v) is 3.13. The van der Waals surface area contributed by atoms with Gasteiger partial charge in [0.25, 0.3) is 0 Å². The number of rotatable bonds is 5. The molecule has 0 amide bonds. The molecule has 0 aromatic rings. The van der Waals surface area contributed by atoms with Gasteiger partial charge in [-0.3, -0.25) is 0 Å². The first-order chi connectivity index (χ1) is 6.70. The fourth-order valence-corrected chi connectivity index (χ4v) is 2.21. The summed E-state index contributed by atoms with van der Waals surface area (Å²) in [7, 11) is 0. The van der Waals surface area contributed by atoms with E-state index < -0.39 is 0 Å². The lowest BCUT2D eigenvalue weighted by Crippen LogP contribution is -2.48. The number of hydrogen-bond donors (Lipinski definition) is 2. The minimum Gasteiger partial charge on any atom is -0.242 e. The van der Waals surface area contributed by atoms with Gasteiger partial charge in [-0.15, -0.1) is 0 Å². The molecule has 1 aliphatic heterocycles. The van der Waals surface area contributed by atoms with Crippen molar-refractivity contribution >= 4 is 0 Å². The molecule has 0 aromatic carbocycles. The lowest BCUT2D eigenvalue weighted by molar-refractivity contribution is 0.0812. The van der Waals surface area contributed by atoms with Gasteiger partial charge in [0.1, 0.15) is 0 Å². The Morgan fingerprint density at radius 3 is 2.57 bits per heavy atom. The summed E-state index contributed by atoms with van der Waals surface area (Å²) < 4.78 is 0. The van der Waals surface area contributed by atoms with Crippen LogP contribution in [0.5, 0.6) is 0 Å². The Balaban J connectivity index is 2.54. The molecule has 1 fully saturated rings. The van der Waals surface area contributed by atoms with Crippen molar-refractivity contribution in [2.75, 3.05) is 6.54 Å². The largest absolute Gasteiger partial charge is 0.242 e. The van der Waals surface area contributed by atoms with Gasteiger partial charge < -0.3 is 0 Å². The quantitative estimate of drug-likeness (QED) is 0.708. The molecule has 84 valence electrons. The van der Waals surface area contributed by atoms with E-state index in [1.165, 1.54) is 19.3 Å². The highest BCUT2D eigenvalue weighted by Crippen LogP contribution is 2.18. The average Bonchev–Trinajstić information content (AvgIpc) is 2.62. The van der Waals surface area contributed by atoms with Crippen LogP contribution in [-0.4, -0.2) is 23.6 Å². The highest BCUT2D eigenvalue weighted by Gasteiger charge is 2.31. The van der Waals surface area contributed by atoms with E-state index in [4.69, 9.17) is 0 Å². The highest BCUT2D eigenvalue weighted by molar-refractivity contribution is 4.82. The zero-order valence-electron chi connectivity index (χ0n) is 10.0. The topological polar surface area (TPSA) is 27.3 Å². The lowest BCUT2D eigenvalue weighted by atomic mass is 10.0. The van der Waals surface area contributed by atoms with Crippen LogP contribution in [0, 0.1) is 5.92 Å². The molecule has 1 heterocycles. The maximum atomic E-state index is 3.31. The van der Waals surface area contributed by atoms with Crippen molar-refractivity contribution in [2.24, 2.45) is 5.92 Å². The Labute approximate surface area is 88.2 Å². The van der Waals surface area contributed by atoms with Crippen LogP contribution in [0.25, 0.3) is 0 Å². The second kappa shape index (κ2) is 5.69. The first-order valence-electron chi connectivity index (χ1n) is 5.97. The van der Waals surface area contributed by atoms with Gasteiger partial charge in [-0.2, -0.15) is 5.53 Å². The van der Waals surface area contributed by atoms with E-state index in [-0.39, 0.29) is 0 Å². The number of hydrogen-bond acceptors (Lipinski definition) is 3. The van der Waals surface area contributed by atoms with Crippen LogP contribution in [0.15, 0.2) is 0 Å². The molecule has 0 aliphatic carbocycles. The zero-order valence-corrected chi connectivity index (χ0v) is 10.0. The summed E-state index contributed by atoms with van der Waals surface area (Å²) in [5, 5.41) is 2.42. The molecule has 14 heavy (non-hydrogen) atoms. The maximum absolute atomic E-state index is 3.31. The first kappa shape index (κ1) is 12.0. The summed E-state index contributed by atoms with van der Waals surface area (Å²) in [5.41, 5.74) is 6.56. The van der Waals surface area contributed by atoms with E-state index in [2.05, 4.69) is 43.7 Å². The van der Waals surface area contributed by atoms with Gasteiger partial charge in [-0.25, -0.2) is 10.4 Å². The molecule has 2 N–H and O–H groups in total. The van der Waals surface area contributed by atoms with Crippen molar-refractivity contribution in [3.8, 4) is 0 Å². The molecule has 0 aromatic heterocycles. The fraction of sp³-hybridized carbons (Fsp3) is 1.00. The molecule has 3 heteroatoms. The summed E-state index contributed by atoms with van der Waals surface area (Å²) in [6, 6.07) is 1.33. The van der Waals surface area contributed by atoms with Crippen LogP contribution >= 0.6 is 0 Å². The van der Waals surface area contributed by atoms with Gasteiger partial charge >= 0.3 is 0 Å². The van der Waals surface area contributed by atoms with E-state index in [0.29, 0.717) is 18.0 Å². The summed E-state index contributed by atoms with van der Waals surface area (Å²) in [4.78, 5) is 0. The van der Waals surface area contributed by atoms with Crippen molar-refractivity contribution in [3.63, 3.8) is 0 Å². The van der Waals surface area contributed by atoms with E-state index in [9.17, 15) is 0 Å². The van der Waals surface area contributed by atoms with Gasteiger partial charge in [-0.1, -0.05) is 34.1 Å². The second-order valence-corrected chi connectivity index (χ2v) is 4.56. The zero-order chi connectivity index (χ0) is 10.6. The Bertz CT molecular complexity index is 159. The van der Waals surface area contributed by atoms with E-state index in [1.54, 1.807) is 0 Å². The second-order valence-electron chi connectivity index (χ2n) is 4.56. The van der Waals surface area contributed by atoms with Gasteiger partial charge in [0.2, 0.25) is 0 Å². The highest BCUT2D eigenvalue weighted by atomic mass is 15.7. The van der Waals surface area contributed by atoms with Crippen LogP contribution in [0.3, 0.4) is 0 Å². The molecule has 0 saturated carbocycles. The van der Waals surface area contributed by atoms with Gasteiger partial charge in [-0.05, 0) is 18.8 Å². The molecule has 0 radical (unpaired) electrons. The van der Waals surface area contributed by atoms with Crippen LogP contribution in [0.1, 0.15) is 47.0 Å². The van der Waals surface area contributed by atoms with E-state index >= 15 is 0 Å². The third-order valence-electron chi connectivity index (χ3n) is 3.13. The minimum absolute atomic E-state index is 0.645. The number of hydrazine groups is 2. The van der Waals surface area contributed by atoms with Crippen molar-refractivity contribution in [3.05, 3.63) is 0 Å².